The highest BCUT2D eigenvalue weighted by atomic mass is 28.3. The number of hydrogen-bond donors (Lipinski definition) is 0. The second-order valence-corrected chi connectivity index (χ2v) is 22.7. The maximum atomic E-state index is 16.1. The number of piperazine rings is 1. The molecule has 0 N–H and O–H groups in total. The Balaban J connectivity index is 1.15. The van der Waals surface area contributed by atoms with Crippen LogP contribution in [0.4, 0.5) is 15.0 Å². The molecule has 1 aromatic carbocycles. The normalized spacial score (nSPS) is 21.0. The molecule has 3 fully saturated rings. The minimum Gasteiger partial charge on any atom is -0.488 e. The fourth-order valence-electron chi connectivity index (χ4n) is 6.66. The Bertz CT molecular complexity index is 1660. The van der Waals surface area contributed by atoms with Crippen LogP contribution in [0.15, 0.2) is 30.6 Å². The van der Waals surface area contributed by atoms with Gasteiger partial charge in [0.15, 0.2) is 0 Å². The first-order valence-electron chi connectivity index (χ1n) is 18.2. The van der Waals surface area contributed by atoms with Gasteiger partial charge in [-0.15, -0.1) is 0 Å². The molecule has 1 saturated carbocycles. The van der Waals surface area contributed by atoms with Crippen LogP contribution in [0.3, 0.4) is 0 Å². The third-order valence-electron chi connectivity index (χ3n) is 10.0. The van der Waals surface area contributed by atoms with Gasteiger partial charge in [0, 0.05) is 84.3 Å². The Labute approximate surface area is 297 Å². The number of carbonyl (C=O) groups is 1. The average molecular weight is 710 g/mol. The molecule has 50 heavy (non-hydrogen) atoms. The first kappa shape index (κ1) is 36.5. The van der Waals surface area contributed by atoms with E-state index in [4.69, 9.17) is 29.3 Å². The molecule has 2 saturated heterocycles. The van der Waals surface area contributed by atoms with Crippen LogP contribution in [-0.2, 0) is 16.2 Å². The Kier molecular flexibility index (Phi) is 10.2. The van der Waals surface area contributed by atoms with Crippen molar-refractivity contribution in [2.45, 2.75) is 116 Å². The fourth-order valence-corrected chi connectivity index (χ4v) is 7.41. The maximum absolute atomic E-state index is 16.1. The Morgan fingerprint density at radius 3 is 2.44 bits per heavy atom. The third-order valence-corrected chi connectivity index (χ3v) is 11.7. The van der Waals surface area contributed by atoms with Crippen molar-refractivity contribution in [1.82, 2.24) is 29.5 Å². The van der Waals surface area contributed by atoms with E-state index in [2.05, 4.69) is 49.4 Å². The number of fused-ring (bicyclic) bond motifs is 1. The fraction of sp³-hybridized carbons (Fsp3) is 0.676. The van der Waals surface area contributed by atoms with Gasteiger partial charge in [-0.3, -0.25) is 4.90 Å². The van der Waals surface area contributed by atoms with Crippen LogP contribution in [0.1, 0.15) is 60.3 Å². The van der Waals surface area contributed by atoms with Crippen molar-refractivity contribution in [2.75, 3.05) is 50.8 Å². The van der Waals surface area contributed by atoms with E-state index in [-0.39, 0.29) is 17.7 Å². The summed E-state index contributed by atoms with van der Waals surface area (Å²) in [7, 11) is -1.24. The number of rotatable bonds is 11. The van der Waals surface area contributed by atoms with Crippen molar-refractivity contribution in [3.8, 4) is 17.1 Å². The van der Waals surface area contributed by atoms with Gasteiger partial charge in [0.05, 0.1) is 16.9 Å². The number of nitrogens with zero attached hydrogens (tertiary/aromatic N) is 7. The van der Waals surface area contributed by atoms with Crippen molar-refractivity contribution in [3.05, 3.63) is 30.6 Å². The summed E-state index contributed by atoms with van der Waals surface area (Å²) in [6.45, 7) is 21.1. The summed E-state index contributed by atoms with van der Waals surface area (Å²) < 4.78 is 36.0. The predicted octanol–water partition coefficient (Wildman–Crippen LogP) is 6.99. The summed E-state index contributed by atoms with van der Waals surface area (Å²) in [4.78, 5) is 28.1. The molecule has 0 unspecified atom stereocenters. The van der Waals surface area contributed by atoms with E-state index >= 15 is 4.39 Å². The monoisotopic (exact) mass is 709 g/mol. The number of carbonyl (C=O) groups excluding carboxylic acids is 1. The van der Waals surface area contributed by atoms with Gasteiger partial charge >= 0.3 is 6.09 Å². The largest absolute Gasteiger partial charge is 0.488 e. The van der Waals surface area contributed by atoms with Crippen LogP contribution in [0.25, 0.3) is 22.3 Å². The standard InChI is InChI=1S/C37H56FN7O4Si/c1-27-23-43(17-18-44(27)24-37(38)13-15-42(16-14-37)34(46)49-35(2,3)4)32-22-31(39-25-40-32)33-29-21-28(48-36(5)11-12-36)9-10-30(29)41-45(33)26-47-19-20-50(6,7)8/h9-10,21-22,25,27H,11-20,23-24,26H2,1-8H3/t27-/m0/s1. The van der Waals surface area contributed by atoms with Crippen LogP contribution < -0.4 is 9.64 Å². The molecule has 13 heteroatoms. The van der Waals surface area contributed by atoms with Gasteiger partial charge in [-0.05, 0) is 71.7 Å². The molecule has 274 valence electrons. The molecule has 0 spiro atoms. The van der Waals surface area contributed by atoms with Crippen LogP contribution in [0.5, 0.6) is 5.75 Å². The molecule has 3 aromatic rings. The SMILES string of the molecule is C[C@H]1CN(c2cc(-c3c4cc(OC5(C)CC5)ccc4nn3COCC[Si](C)(C)C)ncn2)CCN1CC1(F)CCN(C(=O)OC(C)(C)C)CC1. The molecule has 0 bridgehead atoms. The molecule has 1 atom stereocenters. The van der Waals surface area contributed by atoms with E-state index < -0.39 is 19.3 Å². The first-order chi connectivity index (χ1) is 23.5. The molecule has 0 radical (unpaired) electrons. The van der Waals surface area contributed by atoms with Gasteiger partial charge in [0.2, 0.25) is 0 Å². The quantitative estimate of drug-likeness (QED) is 0.154. The Hall–Kier alpha value is -3.29. The van der Waals surface area contributed by atoms with Gasteiger partial charge in [0.1, 0.15) is 41.5 Å². The third kappa shape index (κ3) is 9.13. The molecular formula is C37H56FN7O4Si. The van der Waals surface area contributed by atoms with Crippen LogP contribution in [-0.4, -0.2) is 113 Å². The molecule has 3 aliphatic rings. The molecule has 4 heterocycles. The lowest BCUT2D eigenvalue weighted by Crippen LogP contribution is -2.57. The number of halogens is 1. The number of aromatic nitrogens is 4. The number of ether oxygens (including phenoxy) is 3. The number of hydrogen-bond acceptors (Lipinski definition) is 9. The Morgan fingerprint density at radius 1 is 1.04 bits per heavy atom. The zero-order valence-electron chi connectivity index (χ0n) is 31.3. The summed E-state index contributed by atoms with van der Waals surface area (Å²) in [5, 5.41) is 5.90. The second kappa shape index (κ2) is 14.0. The molecule has 1 amide bonds. The summed E-state index contributed by atoms with van der Waals surface area (Å²) in [6, 6.07) is 9.32. The summed E-state index contributed by atoms with van der Waals surface area (Å²) in [5.41, 5.74) is 0.519. The molecular weight excluding hydrogens is 654 g/mol. The summed E-state index contributed by atoms with van der Waals surface area (Å²) in [5.74, 6) is 1.67. The van der Waals surface area contributed by atoms with E-state index in [1.165, 1.54) is 0 Å². The molecule has 2 aliphatic heterocycles. The van der Waals surface area contributed by atoms with E-state index in [9.17, 15) is 4.79 Å². The Morgan fingerprint density at radius 2 is 1.78 bits per heavy atom. The topological polar surface area (TPSA) is 98.1 Å². The van der Waals surface area contributed by atoms with Gasteiger partial charge in [-0.1, -0.05) is 19.6 Å². The number of alkyl halides is 1. The van der Waals surface area contributed by atoms with Gasteiger partial charge in [-0.2, -0.15) is 5.10 Å². The van der Waals surface area contributed by atoms with E-state index in [0.717, 1.165) is 59.3 Å². The molecule has 2 aromatic heterocycles. The van der Waals surface area contributed by atoms with Crippen LogP contribution in [0, 0.1) is 0 Å². The zero-order valence-corrected chi connectivity index (χ0v) is 32.3. The van der Waals surface area contributed by atoms with Crippen molar-refractivity contribution < 1.29 is 23.4 Å². The van der Waals surface area contributed by atoms with Crippen LogP contribution in [0.2, 0.25) is 25.7 Å². The van der Waals surface area contributed by atoms with E-state index in [0.29, 0.717) is 58.9 Å². The number of likely N-dealkylation sites (tertiary alicyclic amines) is 1. The number of amides is 1. The molecule has 11 nitrogen and oxygen atoms in total. The van der Waals surface area contributed by atoms with E-state index in [1.807, 2.05) is 43.7 Å². The number of benzene rings is 1. The molecule has 6 rings (SSSR count). The minimum atomic E-state index is -1.34. The number of anilines is 1. The van der Waals surface area contributed by atoms with Crippen molar-refractivity contribution in [3.63, 3.8) is 0 Å². The summed E-state index contributed by atoms with van der Waals surface area (Å²) in [6.07, 6.45) is 3.99. The summed E-state index contributed by atoms with van der Waals surface area (Å²) >= 11 is 0. The lowest BCUT2D eigenvalue weighted by atomic mass is 9.92. The van der Waals surface area contributed by atoms with Gasteiger partial charge < -0.3 is 24.0 Å². The lowest BCUT2D eigenvalue weighted by Gasteiger charge is -2.45. The smallest absolute Gasteiger partial charge is 0.410 e. The highest BCUT2D eigenvalue weighted by Gasteiger charge is 2.41. The predicted molar refractivity (Wildman–Crippen MR) is 197 cm³/mol. The van der Waals surface area contributed by atoms with Crippen LogP contribution >= 0.6 is 0 Å². The first-order valence-corrected chi connectivity index (χ1v) is 21.9. The number of piperidine rings is 1. The lowest BCUT2D eigenvalue weighted by molar-refractivity contribution is -0.0110. The maximum Gasteiger partial charge on any atom is 0.410 e. The van der Waals surface area contributed by atoms with Crippen molar-refractivity contribution >= 4 is 30.9 Å². The molecule has 1 aliphatic carbocycles. The zero-order chi connectivity index (χ0) is 35.9. The highest BCUT2D eigenvalue weighted by Crippen LogP contribution is 2.41. The average Bonchev–Trinajstić information content (AvgIpc) is 3.64. The van der Waals surface area contributed by atoms with Gasteiger partial charge in [0.25, 0.3) is 0 Å². The second-order valence-electron chi connectivity index (χ2n) is 17.1. The van der Waals surface area contributed by atoms with Crippen molar-refractivity contribution in [2.24, 2.45) is 0 Å². The minimum absolute atomic E-state index is 0.0933. The van der Waals surface area contributed by atoms with Gasteiger partial charge in [-0.25, -0.2) is 23.8 Å². The van der Waals surface area contributed by atoms with E-state index in [1.54, 1.807) is 11.2 Å². The highest BCUT2D eigenvalue weighted by molar-refractivity contribution is 6.76. The van der Waals surface area contributed by atoms with Crippen molar-refractivity contribution in [1.29, 1.82) is 0 Å².